The summed E-state index contributed by atoms with van der Waals surface area (Å²) in [5, 5.41) is 19.3. The molecule has 0 atom stereocenters. The maximum Gasteiger partial charge on any atom is 0.273 e. The van der Waals surface area contributed by atoms with Gasteiger partial charge in [0.15, 0.2) is 5.82 Å². The second kappa shape index (κ2) is 6.84. The van der Waals surface area contributed by atoms with Gasteiger partial charge in [0, 0.05) is 43.4 Å². The van der Waals surface area contributed by atoms with Crippen LogP contribution in [0.15, 0.2) is 30.3 Å². The molecule has 1 aliphatic rings. The Morgan fingerprint density at radius 1 is 1.08 bits per heavy atom. The van der Waals surface area contributed by atoms with Gasteiger partial charge < -0.3 is 9.80 Å². The van der Waals surface area contributed by atoms with Crippen LogP contribution < -0.4 is 4.90 Å². The number of nitro groups is 1. The van der Waals surface area contributed by atoms with Gasteiger partial charge in [-0.15, -0.1) is 5.10 Å². The Balaban J connectivity index is 1.68. The third-order valence-electron chi connectivity index (χ3n) is 4.33. The summed E-state index contributed by atoms with van der Waals surface area (Å²) in [6.45, 7) is 5.92. The fourth-order valence-electron chi connectivity index (χ4n) is 2.82. The second-order valence-electron chi connectivity index (χ2n) is 6.07. The summed E-state index contributed by atoms with van der Waals surface area (Å²) in [6, 6.07) is 8.44. The molecule has 1 fully saturated rings. The zero-order chi connectivity index (χ0) is 18.0. The van der Waals surface area contributed by atoms with Crippen molar-refractivity contribution >= 4 is 17.4 Å². The number of hydrogen-bond donors (Lipinski definition) is 0. The first-order valence-electron chi connectivity index (χ1n) is 8.05. The molecule has 2 aromatic rings. The van der Waals surface area contributed by atoms with Crippen LogP contribution >= 0.6 is 0 Å². The normalized spacial score (nSPS) is 14.5. The Labute approximate surface area is 145 Å². The lowest BCUT2D eigenvalue weighted by Crippen LogP contribution is -2.49. The summed E-state index contributed by atoms with van der Waals surface area (Å²) < 4.78 is 0. The van der Waals surface area contributed by atoms with Crippen molar-refractivity contribution in [2.45, 2.75) is 13.8 Å². The number of carbonyl (C=O) groups is 1. The molecule has 3 rings (SSSR count). The lowest BCUT2D eigenvalue weighted by Gasteiger charge is -2.35. The Hall–Kier alpha value is -3.03. The van der Waals surface area contributed by atoms with Crippen LogP contribution in [-0.4, -0.2) is 52.1 Å². The van der Waals surface area contributed by atoms with E-state index >= 15 is 0 Å². The van der Waals surface area contributed by atoms with Crippen molar-refractivity contribution in [1.29, 1.82) is 0 Å². The molecule has 8 nitrogen and oxygen atoms in total. The van der Waals surface area contributed by atoms with Crippen molar-refractivity contribution in [2.24, 2.45) is 0 Å². The first kappa shape index (κ1) is 16.8. The van der Waals surface area contributed by atoms with E-state index in [1.807, 2.05) is 19.1 Å². The van der Waals surface area contributed by atoms with Crippen LogP contribution in [0.4, 0.5) is 11.5 Å². The van der Waals surface area contributed by atoms with Crippen molar-refractivity contribution in [1.82, 2.24) is 15.1 Å². The fraction of sp³-hybridized carbons (Fsp3) is 0.353. The molecule has 25 heavy (non-hydrogen) atoms. The summed E-state index contributed by atoms with van der Waals surface area (Å²) in [7, 11) is 0. The molecule has 0 spiro atoms. The number of benzene rings is 1. The third kappa shape index (κ3) is 3.57. The van der Waals surface area contributed by atoms with Crippen molar-refractivity contribution in [2.75, 3.05) is 31.1 Å². The number of aromatic nitrogens is 2. The maximum atomic E-state index is 12.6. The molecule has 2 heterocycles. The van der Waals surface area contributed by atoms with Gasteiger partial charge in [-0.25, -0.2) is 0 Å². The van der Waals surface area contributed by atoms with Crippen LogP contribution in [0.25, 0.3) is 0 Å². The monoisotopic (exact) mass is 341 g/mol. The molecule has 0 bridgehead atoms. The Bertz CT molecular complexity index is 798. The van der Waals surface area contributed by atoms with Crippen molar-refractivity contribution in [3.63, 3.8) is 0 Å². The van der Waals surface area contributed by atoms with Gasteiger partial charge in [0.25, 0.3) is 11.6 Å². The number of nitrogens with zero attached hydrogens (tertiary/aromatic N) is 5. The minimum absolute atomic E-state index is 0.0283. The van der Waals surface area contributed by atoms with Crippen molar-refractivity contribution in [3.8, 4) is 0 Å². The zero-order valence-corrected chi connectivity index (χ0v) is 14.2. The summed E-state index contributed by atoms with van der Waals surface area (Å²) in [5.41, 5.74) is 1.73. The fourth-order valence-corrected chi connectivity index (χ4v) is 2.82. The Kier molecular flexibility index (Phi) is 4.60. The first-order valence-corrected chi connectivity index (χ1v) is 8.05. The molecule has 0 unspecified atom stereocenters. The number of hydrogen-bond acceptors (Lipinski definition) is 6. The van der Waals surface area contributed by atoms with E-state index < -0.39 is 4.92 Å². The maximum absolute atomic E-state index is 12.6. The molecule has 0 N–H and O–H groups in total. The van der Waals surface area contributed by atoms with Gasteiger partial charge in [0.1, 0.15) is 0 Å². The van der Waals surface area contributed by atoms with Gasteiger partial charge in [-0.2, -0.15) is 5.10 Å². The number of rotatable bonds is 3. The average molecular weight is 341 g/mol. The summed E-state index contributed by atoms with van der Waals surface area (Å²) >= 11 is 0. The van der Waals surface area contributed by atoms with Crippen LogP contribution in [0.5, 0.6) is 0 Å². The highest BCUT2D eigenvalue weighted by Gasteiger charge is 2.24. The van der Waals surface area contributed by atoms with Gasteiger partial charge >= 0.3 is 0 Å². The molecule has 1 aromatic carbocycles. The molecule has 0 radical (unpaired) electrons. The predicted octanol–water partition coefficient (Wildman–Crippen LogP) is 1.96. The molecule has 0 aliphatic carbocycles. The number of anilines is 1. The minimum atomic E-state index is -0.458. The van der Waals surface area contributed by atoms with Crippen LogP contribution in [0.1, 0.15) is 21.6 Å². The summed E-state index contributed by atoms with van der Waals surface area (Å²) in [6.07, 6.45) is 0. The molecule has 1 amide bonds. The van der Waals surface area contributed by atoms with Crippen LogP contribution in [0.3, 0.4) is 0 Å². The second-order valence-corrected chi connectivity index (χ2v) is 6.07. The zero-order valence-electron chi connectivity index (χ0n) is 14.2. The van der Waals surface area contributed by atoms with Gasteiger partial charge in [-0.05, 0) is 32.0 Å². The highest BCUT2D eigenvalue weighted by atomic mass is 16.6. The highest BCUT2D eigenvalue weighted by Crippen LogP contribution is 2.21. The lowest BCUT2D eigenvalue weighted by atomic mass is 10.1. The molecule has 1 saturated heterocycles. The van der Waals surface area contributed by atoms with E-state index in [9.17, 15) is 14.9 Å². The molecule has 130 valence electrons. The van der Waals surface area contributed by atoms with E-state index in [0.29, 0.717) is 37.3 Å². The van der Waals surface area contributed by atoms with E-state index in [1.165, 1.54) is 6.07 Å². The Morgan fingerprint density at radius 3 is 2.40 bits per heavy atom. The lowest BCUT2D eigenvalue weighted by molar-refractivity contribution is -0.385. The Morgan fingerprint density at radius 2 is 1.80 bits per heavy atom. The van der Waals surface area contributed by atoms with Crippen LogP contribution in [0.2, 0.25) is 0 Å². The molecular formula is C17H19N5O3. The number of amides is 1. The van der Waals surface area contributed by atoms with E-state index in [0.717, 1.165) is 11.5 Å². The molecule has 1 aromatic heterocycles. The molecule has 8 heteroatoms. The van der Waals surface area contributed by atoms with Gasteiger partial charge in [0.05, 0.1) is 10.6 Å². The van der Waals surface area contributed by atoms with Gasteiger partial charge in [-0.1, -0.05) is 6.07 Å². The number of nitro benzene ring substituents is 1. The standard InChI is InChI=1S/C17H19N5O3/c1-12-3-5-14(11-15(12)22(24)25)17(23)21-9-7-20(8-10-21)16-6-4-13(2)18-19-16/h3-6,11H,7-10H2,1-2H3. The third-order valence-corrected chi connectivity index (χ3v) is 4.33. The highest BCUT2D eigenvalue weighted by molar-refractivity contribution is 5.95. The predicted molar refractivity (Wildman–Crippen MR) is 92.7 cm³/mol. The summed E-state index contributed by atoms with van der Waals surface area (Å²) in [5.74, 6) is 0.612. The number of aryl methyl sites for hydroxylation is 2. The van der Waals surface area contributed by atoms with Crippen molar-refractivity contribution in [3.05, 3.63) is 57.3 Å². The molecule has 0 saturated carbocycles. The van der Waals surface area contributed by atoms with E-state index in [1.54, 1.807) is 24.0 Å². The smallest absolute Gasteiger partial charge is 0.273 e. The average Bonchev–Trinajstić information content (AvgIpc) is 2.62. The largest absolute Gasteiger partial charge is 0.352 e. The van der Waals surface area contributed by atoms with E-state index in [2.05, 4.69) is 15.1 Å². The molecule has 1 aliphatic heterocycles. The minimum Gasteiger partial charge on any atom is -0.352 e. The number of piperazine rings is 1. The summed E-state index contributed by atoms with van der Waals surface area (Å²) in [4.78, 5) is 27.0. The molecular weight excluding hydrogens is 322 g/mol. The SMILES string of the molecule is Cc1ccc(N2CCN(C(=O)c3ccc(C)c([N+](=O)[O-])c3)CC2)nn1. The van der Waals surface area contributed by atoms with Crippen LogP contribution in [-0.2, 0) is 0 Å². The van der Waals surface area contributed by atoms with E-state index in [4.69, 9.17) is 0 Å². The van der Waals surface area contributed by atoms with E-state index in [-0.39, 0.29) is 11.6 Å². The topological polar surface area (TPSA) is 92.5 Å². The van der Waals surface area contributed by atoms with Crippen LogP contribution in [0, 0.1) is 24.0 Å². The quantitative estimate of drug-likeness (QED) is 0.626. The van der Waals surface area contributed by atoms with Gasteiger partial charge in [-0.3, -0.25) is 14.9 Å². The van der Waals surface area contributed by atoms with Crippen molar-refractivity contribution < 1.29 is 9.72 Å². The number of carbonyl (C=O) groups excluding carboxylic acids is 1. The first-order chi connectivity index (χ1) is 12.0. The van der Waals surface area contributed by atoms with Gasteiger partial charge in [0.2, 0.25) is 0 Å².